The summed E-state index contributed by atoms with van der Waals surface area (Å²) in [4.78, 5) is 0. The molecule has 2 rings (SSSR count). The average molecular weight is 384 g/mol. The number of hydrogen-bond acceptors (Lipinski definition) is 1. The molecule has 0 bridgehead atoms. The topological polar surface area (TPSA) is 9.23 Å². The van der Waals surface area contributed by atoms with E-state index in [1.54, 1.807) is 0 Å². The van der Waals surface area contributed by atoms with Crippen LogP contribution in [0.25, 0.3) is 0 Å². The lowest BCUT2D eigenvalue weighted by molar-refractivity contribution is 0.469. The molecule has 0 aliphatic rings. The van der Waals surface area contributed by atoms with Gasteiger partial charge in [-0.25, -0.2) is 0 Å². The number of alkyl halides is 1. The Bertz CT molecular complexity index is 564. The van der Waals surface area contributed by atoms with Crippen LogP contribution in [-0.2, 0) is 5.33 Å². The molecule has 0 aliphatic heterocycles. The van der Waals surface area contributed by atoms with Crippen LogP contribution in [0.5, 0.6) is 11.5 Å². The first-order valence-electron chi connectivity index (χ1n) is 6.23. The molecule has 0 saturated carbocycles. The Labute approximate surface area is 131 Å². The molecule has 2 aromatic carbocycles. The van der Waals surface area contributed by atoms with Gasteiger partial charge in [-0.3, -0.25) is 0 Å². The van der Waals surface area contributed by atoms with Crippen LogP contribution in [-0.4, -0.2) is 0 Å². The largest absolute Gasteiger partial charge is 0.457 e. The Morgan fingerprint density at radius 2 is 1.79 bits per heavy atom. The minimum absolute atomic E-state index is 0.420. The summed E-state index contributed by atoms with van der Waals surface area (Å²) in [7, 11) is 0. The third-order valence-corrected chi connectivity index (χ3v) is 4.03. The van der Waals surface area contributed by atoms with Gasteiger partial charge in [0.05, 0.1) is 0 Å². The van der Waals surface area contributed by atoms with Gasteiger partial charge in [0.25, 0.3) is 0 Å². The third kappa shape index (κ3) is 3.61. The Morgan fingerprint density at radius 3 is 2.47 bits per heavy atom. The Kier molecular flexibility index (Phi) is 5.06. The van der Waals surface area contributed by atoms with Gasteiger partial charge in [0.2, 0.25) is 0 Å². The van der Waals surface area contributed by atoms with Gasteiger partial charge in [0.15, 0.2) is 0 Å². The van der Waals surface area contributed by atoms with Gasteiger partial charge in [0.1, 0.15) is 11.5 Å². The van der Waals surface area contributed by atoms with Gasteiger partial charge in [-0.15, -0.1) is 0 Å². The highest BCUT2D eigenvalue weighted by Gasteiger charge is 2.11. The highest BCUT2D eigenvalue weighted by Crippen LogP contribution is 2.34. The van der Waals surface area contributed by atoms with E-state index in [1.165, 1.54) is 5.56 Å². The van der Waals surface area contributed by atoms with E-state index in [1.807, 2.05) is 30.3 Å². The molecule has 0 unspecified atom stereocenters. The molecule has 100 valence electrons. The minimum atomic E-state index is 0.420. The molecule has 0 spiro atoms. The van der Waals surface area contributed by atoms with E-state index in [2.05, 4.69) is 57.8 Å². The zero-order valence-electron chi connectivity index (χ0n) is 11.0. The summed E-state index contributed by atoms with van der Waals surface area (Å²) in [5.74, 6) is 2.25. The van der Waals surface area contributed by atoms with Gasteiger partial charge < -0.3 is 4.74 Å². The maximum Gasteiger partial charge on any atom is 0.131 e. The number of rotatable bonds is 4. The second-order valence-corrected chi connectivity index (χ2v) is 6.16. The monoisotopic (exact) mass is 382 g/mol. The molecule has 0 atom stereocenters. The van der Waals surface area contributed by atoms with E-state index in [-0.39, 0.29) is 0 Å². The molecule has 2 aromatic rings. The predicted octanol–water partition coefficient (Wildman–Crippen LogP) is 6.26. The lowest BCUT2D eigenvalue weighted by Gasteiger charge is -2.15. The normalized spacial score (nSPS) is 10.8. The molecule has 3 heteroatoms. The SMILES string of the molecule is CC(C)c1cc(Br)ccc1Oc1ccccc1CBr. The van der Waals surface area contributed by atoms with Crippen LogP contribution < -0.4 is 4.74 Å². The van der Waals surface area contributed by atoms with E-state index in [4.69, 9.17) is 4.74 Å². The van der Waals surface area contributed by atoms with E-state index >= 15 is 0 Å². The minimum Gasteiger partial charge on any atom is -0.457 e. The van der Waals surface area contributed by atoms with E-state index in [0.717, 1.165) is 26.9 Å². The molecule has 19 heavy (non-hydrogen) atoms. The van der Waals surface area contributed by atoms with Crippen LogP contribution in [0.1, 0.15) is 30.9 Å². The molecule has 0 aliphatic carbocycles. The Hall–Kier alpha value is -0.800. The first-order chi connectivity index (χ1) is 9.11. The molecular formula is C16H16Br2O. The first-order valence-corrected chi connectivity index (χ1v) is 8.14. The highest BCUT2D eigenvalue weighted by atomic mass is 79.9. The van der Waals surface area contributed by atoms with Gasteiger partial charge in [-0.2, -0.15) is 0 Å². The summed E-state index contributed by atoms with van der Waals surface area (Å²) in [6.45, 7) is 4.34. The van der Waals surface area contributed by atoms with Crippen LogP contribution in [0.3, 0.4) is 0 Å². The summed E-state index contributed by atoms with van der Waals surface area (Å²) < 4.78 is 7.18. The van der Waals surface area contributed by atoms with Crippen molar-refractivity contribution in [1.82, 2.24) is 0 Å². The number of ether oxygens (including phenoxy) is 1. The van der Waals surface area contributed by atoms with E-state index in [0.29, 0.717) is 5.92 Å². The first kappa shape index (κ1) is 14.6. The smallest absolute Gasteiger partial charge is 0.131 e. The molecule has 0 saturated heterocycles. The second kappa shape index (κ2) is 6.58. The molecular weight excluding hydrogens is 368 g/mol. The van der Waals surface area contributed by atoms with Crippen molar-refractivity contribution in [3.63, 3.8) is 0 Å². The quantitative estimate of drug-likeness (QED) is 0.566. The van der Waals surface area contributed by atoms with Gasteiger partial charge >= 0.3 is 0 Å². The summed E-state index contributed by atoms with van der Waals surface area (Å²) in [6, 6.07) is 14.2. The lowest BCUT2D eigenvalue weighted by Crippen LogP contribution is -1.95. The molecule has 0 heterocycles. The molecule has 0 fully saturated rings. The zero-order chi connectivity index (χ0) is 13.8. The highest BCUT2D eigenvalue weighted by molar-refractivity contribution is 9.10. The number of para-hydroxylation sites is 1. The van der Waals surface area contributed by atoms with Crippen molar-refractivity contribution in [3.05, 3.63) is 58.1 Å². The summed E-state index contributed by atoms with van der Waals surface area (Å²) >= 11 is 7.01. The summed E-state index contributed by atoms with van der Waals surface area (Å²) in [5, 5.41) is 0.788. The number of benzene rings is 2. The van der Waals surface area contributed by atoms with Crippen LogP contribution >= 0.6 is 31.9 Å². The van der Waals surface area contributed by atoms with Crippen molar-refractivity contribution in [2.75, 3.05) is 0 Å². The van der Waals surface area contributed by atoms with Crippen LogP contribution in [0.4, 0.5) is 0 Å². The van der Waals surface area contributed by atoms with Crippen molar-refractivity contribution in [2.24, 2.45) is 0 Å². The van der Waals surface area contributed by atoms with Crippen LogP contribution in [0.2, 0.25) is 0 Å². The maximum absolute atomic E-state index is 6.10. The molecule has 0 amide bonds. The fourth-order valence-electron chi connectivity index (χ4n) is 1.90. The fraction of sp³-hybridized carbons (Fsp3) is 0.250. The van der Waals surface area contributed by atoms with Gasteiger partial charge in [-0.1, -0.05) is 63.9 Å². The van der Waals surface area contributed by atoms with Crippen molar-refractivity contribution >= 4 is 31.9 Å². The van der Waals surface area contributed by atoms with Crippen LogP contribution in [0, 0.1) is 0 Å². The van der Waals surface area contributed by atoms with Gasteiger partial charge in [-0.05, 0) is 35.7 Å². The van der Waals surface area contributed by atoms with Gasteiger partial charge in [0, 0.05) is 15.4 Å². The molecule has 0 N–H and O–H groups in total. The van der Waals surface area contributed by atoms with Crippen LogP contribution in [0.15, 0.2) is 46.9 Å². The van der Waals surface area contributed by atoms with Crippen molar-refractivity contribution in [2.45, 2.75) is 25.1 Å². The maximum atomic E-state index is 6.10. The second-order valence-electron chi connectivity index (χ2n) is 4.68. The Morgan fingerprint density at radius 1 is 1.05 bits per heavy atom. The van der Waals surface area contributed by atoms with Crippen molar-refractivity contribution in [1.29, 1.82) is 0 Å². The number of hydrogen-bond donors (Lipinski definition) is 0. The molecule has 0 aromatic heterocycles. The average Bonchev–Trinajstić information content (AvgIpc) is 2.41. The Balaban J connectivity index is 2.38. The lowest BCUT2D eigenvalue weighted by atomic mass is 10.0. The molecule has 0 radical (unpaired) electrons. The summed E-state index contributed by atoms with van der Waals surface area (Å²) in [6.07, 6.45) is 0. The molecule has 1 nitrogen and oxygen atoms in total. The summed E-state index contributed by atoms with van der Waals surface area (Å²) in [5.41, 5.74) is 2.36. The van der Waals surface area contributed by atoms with Crippen molar-refractivity contribution in [3.8, 4) is 11.5 Å². The fourth-order valence-corrected chi connectivity index (χ4v) is 2.74. The zero-order valence-corrected chi connectivity index (χ0v) is 14.2. The van der Waals surface area contributed by atoms with E-state index in [9.17, 15) is 0 Å². The predicted molar refractivity (Wildman–Crippen MR) is 87.4 cm³/mol. The van der Waals surface area contributed by atoms with E-state index < -0.39 is 0 Å². The van der Waals surface area contributed by atoms with Crippen molar-refractivity contribution < 1.29 is 4.74 Å². The third-order valence-electron chi connectivity index (χ3n) is 2.93. The number of halogens is 2. The standard InChI is InChI=1S/C16H16Br2O/c1-11(2)14-9-13(18)7-8-16(14)19-15-6-4-3-5-12(15)10-17/h3-9,11H,10H2,1-2H3.